The Bertz CT molecular complexity index is 959. The van der Waals surface area contributed by atoms with Crippen LogP contribution in [-0.4, -0.2) is 34.3 Å². The molecular formula is C20H18FN3O3S. The lowest BCUT2D eigenvalue weighted by Crippen LogP contribution is -2.28. The number of aromatic nitrogens is 2. The highest BCUT2D eigenvalue weighted by atomic mass is 32.2. The van der Waals surface area contributed by atoms with E-state index < -0.39 is 18.5 Å². The summed E-state index contributed by atoms with van der Waals surface area (Å²) in [7, 11) is 0. The Balaban J connectivity index is 1.65. The molecule has 0 fully saturated rings. The van der Waals surface area contributed by atoms with Gasteiger partial charge in [-0.15, -0.1) is 0 Å². The van der Waals surface area contributed by atoms with Crippen molar-refractivity contribution in [1.29, 1.82) is 0 Å². The van der Waals surface area contributed by atoms with Gasteiger partial charge in [-0.2, -0.15) is 0 Å². The maximum absolute atomic E-state index is 13.2. The molecule has 0 aliphatic heterocycles. The van der Waals surface area contributed by atoms with Gasteiger partial charge in [0.05, 0.1) is 6.20 Å². The van der Waals surface area contributed by atoms with E-state index in [-0.39, 0.29) is 11.5 Å². The molecule has 144 valence electrons. The van der Waals surface area contributed by atoms with E-state index in [0.717, 1.165) is 5.56 Å². The first kappa shape index (κ1) is 19.6. The molecule has 28 heavy (non-hydrogen) atoms. The summed E-state index contributed by atoms with van der Waals surface area (Å²) >= 11 is 1.33. The van der Waals surface area contributed by atoms with E-state index in [1.807, 2.05) is 36.6 Å². The third kappa shape index (κ3) is 4.77. The minimum atomic E-state index is -0.688. The number of nitrogens with zero attached hydrogens (tertiary/aromatic N) is 2. The van der Waals surface area contributed by atoms with Crippen molar-refractivity contribution in [2.45, 2.75) is 11.7 Å². The molecule has 1 aromatic heterocycles. The van der Waals surface area contributed by atoms with E-state index in [1.165, 1.54) is 30.1 Å². The number of hydrogen-bond donors (Lipinski definition) is 1. The highest BCUT2D eigenvalue weighted by molar-refractivity contribution is 7.98. The van der Waals surface area contributed by atoms with Gasteiger partial charge in [-0.25, -0.2) is 14.2 Å². The van der Waals surface area contributed by atoms with Gasteiger partial charge in [-0.05, 0) is 36.1 Å². The first-order valence-corrected chi connectivity index (χ1v) is 9.66. The van der Waals surface area contributed by atoms with Gasteiger partial charge < -0.3 is 10.1 Å². The number of carbonyl (C=O) groups excluding carboxylic acids is 2. The van der Waals surface area contributed by atoms with Gasteiger partial charge in [0.2, 0.25) is 0 Å². The van der Waals surface area contributed by atoms with Crippen LogP contribution in [0.3, 0.4) is 0 Å². The van der Waals surface area contributed by atoms with Crippen LogP contribution < -0.4 is 5.32 Å². The summed E-state index contributed by atoms with van der Waals surface area (Å²) in [6.45, 7) is -0.0593. The summed E-state index contributed by atoms with van der Waals surface area (Å²) in [6.07, 6.45) is 3.19. The topological polar surface area (TPSA) is 73.2 Å². The summed E-state index contributed by atoms with van der Waals surface area (Å²) in [5.41, 5.74) is 1.68. The fourth-order valence-corrected chi connectivity index (χ4v) is 3.06. The summed E-state index contributed by atoms with van der Waals surface area (Å²) in [5, 5.41) is 3.24. The highest BCUT2D eigenvalue weighted by Crippen LogP contribution is 2.22. The molecule has 1 N–H and O–H groups in total. The number of nitrogens with one attached hydrogen (secondary N) is 1. The molecule has 2 aromatic carbocycles. The van der Waals surface area contributed by atoms with Gasteiger partial charge in [0.1, 0.15) is 5.82 Å². The number of esters is 1. The Labute approximate surface area is 165 Å². The Morgan fingerprint density at radius 1 is 1.14 bits per heavy atom. The summed E-state index contributed by atoms with van der Waals surface area (Å²) in [4.78, 5) is 28.6. The van der Waals surface area contributed by atoms with Crippen LogP contribution in [0.25, 0.3) is 5.69 Å². The zero-order valence-corrected chi connectivity index (χ0v) is 15.9. The molecule has 0 radical (unpaired) electrons. The van der Waals surface area contributed by atoms with Gasteiger partial charge >= 0.3 is 5.97 Å². The average Bonchev–Trinajstić information content (AvgIpc) is 3.16. The molecule has 1 amide bonds. The number of ether oxygens (including phenoxy) is 1. The smallest absolute Gasteiger partial charge is 0.357 e. The number of carbonyl (C=O) groups is 2. The number of halogens is 1. The first-order valence-electron chi connectivity index (χ1n) is 8.44. The molecule has 3 aromatic rings. The zero-order valence-electron chi connectivity index (χ0n) is 15.1. The Morgan fingerprint density at radius 3 is 2.54 bits per heavy atom. The fraction of sp³-hybridized carbons (Fsp3) is 0.150. The predicted octanol–water partition coefficient (Wildman–Crippen LogP) is 3.21. The van der Waals surface area contributed by atoms with Gasteiger partial charge in [-0.1, -0.05) is 42.1 Å². The fourth-order valence-electron chi connectivity index (χ4n) is 2.52. The van der Waals surface area contributed by atoms with Crippen molar-refractivity contribution in [3.63, 3.8) is 0 Å². The molecule has 0 aliphatic carbocycles. The molecule has 0 atom stereocenters. The Hall–Kier alpha value is -3.13. The lowest BCUT2D eigenvalue weighted by atomic mass is 10.2. The van der Waals surface area contributed by atoms with E-state index in [9.17, 15) is 14.0 Å². The third-order valence-corrected chi connectivity index (χ3v) is 4.53. The Kier molecular flexibility index (Phi) is 6.44. The van der Waals surface area contributed by atoms with E-state index in [2.05, 4.69) is 10.3 Å². The summed E-state index contributed by atoms with van der Waals surface area (Å²) in [6, 6.07) is 15.1. The number of hydrogen-bond acceptors (Lipinski definition) is 5. The second-order valence-corrected chi connectivity index (χ2v) is 6.55. The molecule has 0 unspecified atom stereocenters. The molecule has 8 heteroatoms. The van der Waals surface area contributed by atoms with Crippen LogP contribution in [0, 0.1) is 5.82 Å². The SMILES string of the molecule is CSc1ncc(C(=O)OCC(=O)NCc2ccccc2)n1-c1ccc(F)cc1. The third-order valence-electron chi connectivity index (χ3n) is 3.87. The monoisotopic (exact) mass is 399 g/mol. The van der Waals surface area contributed by atoms with Crippen molar-refractivity contribution in [3.05, 3.63) is 77.9 Å². The second kappa shape index (κ2) is 9.18. The van der Waals surface area contributed by atoms with Crippen molar-refractivity contribution < 1.29 is 18.7 Å². The van der Waals surface area contributed by atoms with E-state index >= 15 is 0 Å². The van der Waals surface area contributed by atoms with Crippen LogP contribution in [0.5, 0.6) is 0 Å². The lowest BCUT2D eigenvalue weighted by molar-refractivity contribution is -0.124. The largest absolute Gasteiger partial charge is 0.451 e. The number of benzene rings is 2. The first-order chi connectivity index (χ1) is 13.6. The van der Waals surface area contributed by atoms with Crippen molar-refractivity contribution in [2.24, 2.45) is 0 Å². The van der Waals surface area contributed by atoms with Crippen LogP contribution in [0.4, 0.5) is 4.39 Å². The van der Waals surface area contributed by atoms with E-state index in [4.69, 9.17) is 4.74 Å². The summed E-state index contributed by atoms with van der Waals surface area (Å²) in [5.74, 6) is -1.48. The number of rotatable bonds is 7. The predicted molar refractivity (Wildman–Crippen MR) is 104 cm³/mol. The van der Waals surface area contributed by atoms with Gasteiger partial charge in [0, 0.05) is 12.2 Å². The van der Waals surface area contributed by atoms with E-state index in [1.54, 1.807) is 16.7 Å². The van der Waals surface area contributed by atoms with Crippen LogP contribution >= 0.6 is 11.8 Å². The van der Waals surface area contributed by atoms with Crippen LogP contribution in [0.1, 0.15) is 16.1 Å². The van der Waals surface area contributed by atoms with Crippen LogP contribution in [-0.2, 0) is 16.1 Å². The molecule has 3 rings (SSSR count). The number of amides is 1. The second-order valence-electron chi connectivity index (χ2n) is 5.78. The Morgan fingerprint density at radius 2 is 1.86 bits per heavy atom. The van der Waals surface area contributed by atoms with Crippen molar-refractivity contribution >= 4 is 23.6 Å². The standard InChI is InChI=1S/C20H18FN3O3S/c1-28-20-23-12-17(24(20)16-9-7-15(21)8-10-16)19(26)27-13-18(25)22-11-14-5-3-2-4-6-14/h2-10,12H,11,13H2,1H3,(H,22,25). The maximum atomic E-state index is 13.2. The molecule has 0 saturated carbocycles. The molecule has 0 aliphatic rings. The van der Waals surface area contributed by atoms with Crippen molar-refractivity contribution in [2.75, 3.05) is 12.9 Å². The summed E-state index contributed by atoms with van der Waals surface area (Å²) < 4.78 is 19.9. The van der Waals surface area contributed by atoms with Crippen LogP contribution in [0.2, 0.25) is 0 Å². The highest BCUT2D eigenvalue weighted by Gasteiger charge is 2.20. The zero-order chi connectivity index (χ0) is 19.9. The average molecular weight is 399 g/mol. The van der Waals surface area contributed by atoms with E-state index in [0.29, 0.717) is 17.4 Å². The number of imidazole rings is 1. The number of thioether (sulfide) groups is 1. The van der Waals surface area contributed by atoms with Gasteiger partial charge in [0.15, 0.2) is 17.5 Å². The molecule has 6 nitrogen and oxygen atoms in total. The molecule has 1 heterocycles. The molecular weight excluding hydrogens is 381 g/mol. The minimum absolute atomic E-state index is 0.159. The quantitative estimate of drug-likeness (QED) is 0.488. The van der Waals surface area contributed by atoms with Crippen molar-refractivity contribution in [1.82, 2.24) is 14.9 Å². The molecule has 0 spiro atoms. The minimum Gasteiger partial charge on any atom is -0.451 e. The molecule has 0 bridgehead atoms. The van der Waals surface area contributed by atoms with Crippen molar-refractivity contribution in [3.8, 4) is 5.69 Å². The lowest BCUT2D eigenvalue weighted by Gasteiger charge is -2.11. The van der Waals surface area contributed by atoms with Crippen LogP contribution in [0.15, 0.2) is 66.0 Å². The van der Waals surface area contributed by atoms with Gasteiger partial charge in [-0.3, -0.25) is 9.36 Å². The normalized spacial score (nSPS) is 10.5. The van der Waals surface area contributed by atoms with Gasteiger partial charge in [0.25, 0.3) is 5.91 Å². The maximum Gasteiger partial charge on any atom is 0.357 e. The molecule has 0 saturated heterocycles.